The third kappa shape index (κ3) is 2.82. The predicted molar refractivity (Wildman–Crippen MR) is 89.2 cm³/mol. The van der Waals surface area contributed by atoms with Gasteiger partial charge in [-0.25, -0.2) is 0 Å². The molecule has 0 saturated heterocycles. The Bertz CT molecular complexity index is 664. The lowest BCUT2D eigenvalue weighted by molar-refractivity contribution is -0.385. The number of nitro groups is 1. The van der Waals surface area contributed by atoms with Crippen LogP contribution in [0.15, 0.2) is 6.20 Å². The van der Waals surface area contributed by atoms with Crippen LogP contribution in [0.2, 0.25) is 0 Å². The lowest BCUT2D eigenvalue weighted by atomic mass is 9.53. The lowest BCUT2D eigenvalue weighted by Crippen LogP contribution is -2.52. The topological polar surface area (TPSA) is 99.3 Å². The fourth-order valence-corrected chi connectivity index (χ4v) is 5.60. The highest BCUT2D eigenvalue weighted by Gasteiger charge is 2.53. The maximum Gasteiger partial charge on any atom is 0.320 e. The predicted octanol–water partition coefficient (Wildman–Crippen LogP) is 2.09. The summed E-state index contributed by atoms with van der Waals surface area (Å²) in [6.45, 7) is 0.659. The lowest BCUT2D eigenvalue weighted by Gasteiger charge is -2.56. The van der Waals surface area contributed by atoms with Gasteiger partial charge in [0.1, 0.15) is 6.20 Å². The van der Waals surface area contributed by atoms with Crippen LogP contribution in [0.4, 0.5) is 5.69 Å². The standard InChI is InChI=1S/C17H24N4O4/c1-25-3-2-18-16(22)15-14(21(23)24)10-20(19-15)17-7-11-4-12(8-17)6-13(5-11)9-17/h10-13H,2-9H2,1H3,(H,18,22). The van der Waals surface area contributed by atoms with E-state index in [1.54, 1.807) is 4.68 Å². The molecule has 8 nitrogen and oxygen atoms in total. The number of aromatic nitrogens is 2. The maximum atomic E-state index is 12.3. The Morgan fingerprint density at radius 2 is 1.96 bits per heavy atom. The first-order valence-electron chi connectivity index (χ1n) is 9.02. The molecular weight excluding hydrogens is 324 g/mol. The van der Waals surface area contributed by atoms with E-state index in [9.17, 15) is 14.9 Å². The molecule has 4 bridgehead atoms. The molecule has 0 spiro atoms. The quantitative estimate of drug-likeness (QED) is 0.482. The first kappa shape index (κ1) is 16.5. The zero-order chi connectivity index (χ0) is 17.6. The number of carbonyl (C=O) groups is 1. The molecule has 136 valence electrons. The van der Waals surface area contributed by atoms with E-state index < -0.39 is 10.8 Å². The second kappa shape index (κ2) is 6.09. The van der Waals surface area contributed by atoms with Crippen molar-refractivity contribution >= 4 is 11.6 Å². The zero-order valence-corrected chi connectivity index (χ0v) is 14.4. The second-order valence-electron chi connectivity index (χ2n) is 7.96. The van der Waals surface area contributed by atoms with Gasteiger partial charge in [0, 0.05) is 13.7 Å². The Morgan fingerprint density at radius 3 is 2.48 bits per heavy atom. The van der Waals surface area contributed by atoms with Gasteiger partial charge in [-0.1, -0.05) is 0 Å². The Hall–Kier alpha value is -1.96. The van der Waals surface area contributed by atoms with Crippen molar-refractivity contribution in [2.75, 3.05) is 20.3 Å². The highest BCUT2D eigenvalue weighted by Crippen LogP contribution is 2.58. The van der Waals surface area contributed by atoms with Gasteiger partial charge < -0.3 is 10.1 Å². The van der Waals surface area contributed by atoms with E-state index in [0.29, 0.717) is 30.9 Å². The Morgan fingerprint density at radius 1 is 1.36 bits per heavy atom. The molecule has 0 atom stereocenters. The van der Waals surface area contributed by atoms with Crippen molar-refractivity contribution in [3.05, 3.63) is 22.0 Å². The number of hydrogen-bond acceptors (Lipinski definition) is 5. The number of nitrogens with one attached hydrogen (secondary N) is 1. The molecule has 1 heterocycles. The molecule has 4 fully saturated rings. The number of carbonyl (C=O) groups excluding carboxylic acids is 1. The summed E-state index contributed by atoms with van der Waals surface area (Å²) >= 11 is 0. The molecular formula is C17H24N4O4. The SMILES string of the molecule is COCCNC(=O)c1nn(C23CC4CC(CC(C4)C2)C3)cc1[N+](=O)[O-]. The number of methoxy groups -OCH3 is 1. The van der Waals surface area contributed by atoms with Crippen molar-refractivity contribution in [2.45, 2.75) is 44.1 Å². The van der Waals surface area contributed by atoms with Crippen LogP contribution in [0.1, 0.15) is 49.0 Å². The Labute approximate surface area is 146 Å². The number of nitrogens with zero attached hydrogens (tertiary/aromatic N) is 3. The summed E-state index contributed by atoms with van der Waals surface area (Å²) in [6.07, 6.45) is 8.43. The summed E-state index contributed by atoms with van der Waals surface area (Å²) in [6, 6.07) is 0. The van der Waals surface area contributed by atoms with Crippen LogP contribution in [-0.2, 0) is 10.3 Å². The van der Waals surface area contributed by atoms with E-state index >= 15 is 0 Å². The van der Waals surface area contributed by atoms with E-state index in [4.69, 9.17) is 4.74 Å². The Kier molecular flexibility index (Phi) is 4.02. The van der Waals surface area contributed by atoms with Crippen molar-refractivity contribution in [3.8, 4) is 0 Å². The van der Waals surface area contributed by atoms with Crippen LogP contribution in [0.25, 0.3) is 0 Å². The fraction of sp³-hybridized carbons (Fsp3) is 0.765. The average molecular weight is 348 g/mol. The number of hydrogen-bond donors (Lipinski definition) is 1. The molecule has 4 aliphatic rings. The first-order valence-corrected chi connectivity index (χ1v) is 9.02. The minimum absolute atomic E-state index is 0.0863. The van der Waals surface area contributed by atoms with Crippen LogP contribution in [0, 0.1) is 27.9 Å². The van der Waals surface area contributed by atoms with E-state index in [1.807, 2.05) is 0 Å². The molecule has 0 radical (unpaired) electrons. The minimum atomic E-state index is -0.507. The van der Waals surface area contributed by atoms with Crippen molar-refractivity contribution in [1.82, 2.24) is 15.1 Å². The maximum absolute atomic E-state index is 12.3. The third-order valence-electron chi connectivity index (χ3n) is 6.19. The summed E-state index contributed by atoms with van der Waals surface area (Å²) in [7, 11) is 1.54. The van der Waals surface area contributed by atoms with Crippen LogP contribution in [0.5, 0.6) is 0 Å². The van der Waals surface area contributed by atoms with Crippen molar-refractivity contribution in [2.24, 2.45) is 17.8 Å². The highest BCUT2D eigenvalue weighted by molar-refractivity contribution is 5.96. The largest absolute Gasteiger partial charge is 0.383 e. The van der Waals surface area contributed by atoms with Gasteiger partial charge in [-0.3, -0.25) is 19.6 Å². The summed E-state index contributed by atoms with van der Waals surface area (Å²) in [5.74, 6) is 1.60. The van der Waals surface area contributed by atoms with Gasteiger partial charge in [-0.2, -0.15) is 5.10 Å². The van der Waals surface area contributed by atoms with Crippen molar-refractivity contribution in [3.63, 3.8) is 0 Å². The summed E-state index contributed by atoms with van der Waals surface area (Å²) in [5.41, 5.74) is -0.424. The number of amides is 1. The van der Waals surface area contributed by atoms with Crippen LogP contribution in [0.3, 0.4) is 0 Å². The van der Waals surface area contributed by atoms with Gasteiger partial charge in [0.2, 0.25) is 5.69 Å². The first-order chi connectivity index (χ1) is 12.0. The minimum Gasteiger partial charge on any atom is -0.383 e. The molecule has 8 heteroatoms. The normalized spacial score (nSPS) is 32.8. The van der Waals surface area contributed by atoms with Gasteiger partial charge in [0.15, 0.2) is 0 Å². The summed E-state index contributed by atoms with van der Waals surface area (Å²) < 4.78 is 6.67. The molecule has 0 aliphatic heterocycles. The monoisotopic (exact) mass is 348 g/mol. The highest BCUT2D eigenvalue weighted by atomic mass is 16.6. The summed E-state index contributed by atoms with van der Waals surface area (Å²) in [4.78, 5) is 23.3. The molecule has 25 heavy (non-hydrogen) atoms. The van der Waals surface area contributed by atoms with Gasteiger partial charge in [0.05, 0.1) is 17.1 Å². The molecule has 1 N–H and O–H groups in total. The van der Waals surface area contributed by atoms with E-state index in [1.165, 1.54) is 32.6 Å². The molecule has 1 aromatic heterocycles. The van der Waals surface area contributed by atoms with Crippen LogP contribution >= 0.6 is 0 Å². The molecule has 0 unspecified atom stereocenters. The van der Waals surface area contributed by atoms with Crippen LogP contribution < -0.4 is 5.32 Å². The van der Waals surface area contributed by atoms with E-state index in [2.05, 4.69) is 10.4 Å². The zero-order valence-electron chi connectivity index (χ0n) is 14.4. The summed E-state index contributed by atoms with van der Waals surface area (Å²) in [5, 5.41) is 18.5. The smallest absolute Gasteiger partial charge is 0.320 e. The number of ether oxygens (including phenoxy) is 1. The fourth-order valence-electron chi connectivity index (χ4n) is 5.60. The van der Waals surface area contributed by atoms with E-state index in [0.717, 1.165) is 19.3 Å². The van der Waals surface area contributed by atoms with Crippen molar-refractivity contribution < 1.29 is 14.5 Å². The average Bonchev–Trinajstić information content (AvgIpc) is 3.00. The molecule has 4 aliphatic carbocycles. The number of rotatable bonds is 6. The van der Waals surface area contributed by atoms with Gasteiger partial charge >= 0.3 is 5.69 Å². The third-order valence-corrected chi connectivity index (χ3v) is 6.19. The van der Waals surface area contributed by atoms with Gasteiger partial charge in [-0.05, 0) is 56.3 Å². The second-order valence-corrected chi connectivity index (χ2v) is 7.96. The molecule has 0 aromatic carbocycles. The van der Waals surface area contributed by atoms with Gasteiger partial charge in [0.25, 0.3) is 5.91 Å². The van der Waals surface area contributed by atoms with Crippen molar-refractivity contribution in [1.29, 1.82) is 0 Å². The molecule has 4 saturated carbocycles. The van der Waals surface area contributed by atoms with E-state index in [-0.39, 0.29) is 16.9 Å². The Balaban J connectivity index is 1.64. The van der Waals surface area contributed by atoms with Gasteiger partial charge in [-0.15, -0.1) is 0 Å². The molecule has 1 amide bonds. The van der Waals surface area contributed by atoms with Crippen LogP contribution in [-0.4, -0.2) is 40.9 Å². The molecule has 5 rings (SSSR count). The molecule has 1 aromatic rings.